The third-order valence-corrected chi connectivity index (χ3v) is 6.34. The van der Waals surface area contributed by atoms with Gasteiger partial charge in [0.1, 0.15) is 16.3 Å². The Morgan fingerprint density at radius 2 is 1.81 bits per heavy atom. The first-order valence-corrected chi connectivity index (χ1v) is 10.9. The summed E-state index contributed by atoms with van der Waals surface area (Å²) in [4.78, 5) is 30.0. The molecule has 4 rings (SSSR count). The normalized spacial score (nSPS) is 13.3. The van der Waals surface area contributed by atoms with E-state index in [1.54, 1.807) is 24.3 Å². The number of nitrogens with one attached hydrogen (secondary N) is 1. The monoisotopic (exact) mass is 457 g/mol. The molecular formula is C21H16ClN3O5S. The molecule has 0 aliphatic carbocycles. The molecule has 2 heterocycles. The van der Waals surface area contributed by atoms with Crippen molar-refractivity contribution >= 4 is 39.1 Å². The molecule has 10 heteroatoms. The zero-order chi connectivity index (χ0) is 22.2. The molecule has 158 valence electrons. The molecule has 2 amide bonds. The number of carbonyl (C=O) groups excluding carboxylic acids is 2. The van der Waals surface area contributed by atoms with Crippen LogP contribution in [0.15, 0.2) is 65.7 Å². The van der Waals surface area contributed by atoms with Crippen molar-refractivity contribution in [3.05, 3.63) is 82.6 Å². The molecule has 2 aromatic carbocycles. The molecule has 0 radical (unpaired) electrons. The van der Waals surface area contributed by atoms with Gasteiger partial charge < -0.3 is 4.74 Å². The predicted octanol–water partition coefficient (Wildman–Crippen LogP) is 3.34. The Labute approximate surface area is 183 Å². The molecule has 0 unspecified atom stereocenters. The zero-order valence-corrected chi connectivity index (χ0v) is 17.8. The number of rotatable bonds is 6. The lowest BCUT2D eigenvalue weighted by Crippen LogP contribution is -2.29. The molecular weight excluding hydrogens is 442 g/mol. The maximum Gasteiger partial charge on any atom is 0.280 e. The van der Waals surface area contributed by atoms with Gasteiger partial charge in [-0.3, -0.25) is 24.2 Å². The Morgan fingerprint density at radius 1 is 1.06 bits per heavy atom. The standard InChI is InChI=1S/C21H16ClN3O5S/c1-30-17-9-4-13(12-25-20(26)16-3-2-10-23-19(16)21(25)27)11-18(17)31(28,29)24-15-7-5-14(22)6-8-15/h2-11,24H,12H2,1H3. The summed E-state index contributed by atoms with van der Waals surface area (Å²) in [7, 11) is -2.67. The number of methoxy groups -OCH3 is 1. The van der Waals surface area contributed by atoms with Gasteiger partial charge in [0.05, 0.1) is 19.2 Å². The quantitative estimate of drug-likeness (QED) is 0.569. The number of halogens is 1. The first kappa shape index (κ1) is 20.8. The number of anilines is 1. The summed E-state index contributed by atoms with van der Waals surface area (Å²) in [6, 6.07) is 13.7. The minimum atomic E-state index is -4.02. The van der Waals surface area contributed by atoms with Gasteiger partial charge in [0.15, 0.2) is 0 Å². The summed E-state index contributed by atoms with van der Waals surface area (Å²) in [6.45, 7) is -0.110. The van der Waals surface area contributed by atoms with Crippen molar-refractivity contribution < 1.29 is 22.7 Å². The second-order valence-electron chi connectivity index (χ2n) is 6.69. The molecule has 1 aliphatic heterocycles. The number of ether oxygens (including phenoxy) is 1. The molecule has 3 aromatic rings. The third-order valence-electron chi connectivity index (χ3n) is 4.69. The Hall–Kier alpha value is -3.43. The highest BCUT2D eigenvalue weighted by atomic mass is 35.5. The number of imide groups is 1. The van der Waals surface area contributed by atoms with Gasteiger partial charge in [-0.1, -0.05) is 17.7 Å². The van der Waals surface area contributed by atoms with Gasteiger partial charge in [-0.2, -0.15) is 0 Å². The highest BCUT2D eigenvalue weighted by Crippen LogP contribution is 2.29. The van der Waals surface area contributed by atoms with Crippen LogP contribution in [0.3, 0.4) is 0 Å². The van der Waals surface area contributed by atoms with Crippen molar-refractivity contribution in [1.29, 1.82) is 0 Å². The molecule has 0 saturated carbocycles. The summed E-state index contributed by atoms with van der Waals surface area (Å²) in [5.74, 6) is -0.887. The second kappa shape index (κ2) is 8.01. The predicted molar refractivity (Wildman–Crippen MR) is 114 cm³/mol. The number of carbonyl (C=O) groups is 2. The van der Waals surface area contributed by atoms with Crippen molar-refractivity contribution in [2.24, 2.45) is 0 Å². The Bertz CT molecular complexity index is 1260. The second-order valence-corrected chi connectivity index (χ2v) is 8.78. The number of hydrogen-bond donors (Lipinski definition) is 1. The third kappa shape index (κ3) is 3.97. The molecule has 0 bridgehead atoms. The molecule has 31 heavy (non-hydrogen) atoms. The van der Waals surface area contributed by atoms with Crippen LogP contribution in [0.4, 0.5) is 5.69 Å². The molecule has 0 spiro atoms. The van der Waals surface area contributed by atoms with Crippen molar-refractivity contribution in [3.8, 4) is 5.75 Å². The molecule has 0 atom stereocenters. The van der Waals surface area contributed by atoms with Gasteiger partial charge in [-0.05, 0) is 54.1 Å². The van der Waals surface area contributed by atoms with Crippen LogP contribution in [-0.2, 0) is 16.6 Å². The number of aromatic nitrogens is 1. The number of pyridine rings is 1. The van der Waals surface area contributed by atoms with Gasteiger partial charge in [-0.15, -0.1) is 0 Å². The molecule has 1 aliphatic rings. The number of nitrogens with zero attached hydrogens (tertiary/aromatic N) is 2. The van der Waals surface area contributed by atoms with Gasteiger partial charge >= 0.3 is 0 Å². The van der Waals surface area contributed by atoms with Crippen LogP contribution in [0.1, 0.15) is 26.4 Å². The van der Waals surface area contributed by atoms with Crippen molar-refractivity contribution in [1.82, 2.24) is 9.88 Å². The van der Waals surface area contributed by atoms with E-state index in [4.69, 9.17) is 16.3 Å². The van der Waals surface area contributed by atoms with E-state index in [-0.39, 0.29) is 28.4 Å². The Morgan fingerprint density at radius 3 is 2.48 bits per heavy atom. The van der Waals surface area contributed by atoms with E-state index in [0.717, 1.165) is 4.90 Å². The van der Waals surface area contributed by atoms with Crippen molar-refractivity contribution in [3.63, 3.8) is 0 Å². The molecule has 0 fully saturated rings. The average Bonchev–Trinajstić information content (AvgIpc) is 3.00. The first-order valence-electron chi connectivity index (χ1n) is 9.06. The van der Waals surface area contributed by atoms with Crippen LogP contribution in [0, 0.1) is 0 Å². The average molecular weight is 458 g/mol. The van der Waals surface area contributed by atoms with E-state index in [0.29, 0.717) is 16.3 Å². The molecule has 1 aromatic heterocycles. The number of sulfonamides is 1. The van der Waals surface area contributed by atoms with Crippen molar-refractivity contribution in [2.75, 3.05) is 11.8 Å². The van der Waals surface area contributed by atoms with E-state index >= 15 is 0 Å². The summed E-state index contributed by atoms with van der Waals surface area (Å²) < 4.78 is 33.6. The van der Waals surface area contributed by atoms with E-state index < -0.39 is 21.8 Å². The van der Waals surface area contributed by atoms with Gasteiger partial charge in [-0.25, -0.2) is 8.42 Å². The lowest BCUT2D eigenvalue weighted by molar-refractivity contribution is 0.0640. The largest absolute Gasteiger partial charge is 0.495 e. The number of benzene rings is 2. The van der Waals surface area contributed by atoms with E-state index in [9.17, 15) is 18.0 Å². The number of fused-ring (bicyclic) bond motifs is 1. The van der Waals surface area contributed by atoms with Crippen molar-refractivity contribution in [2.45, 2.75) is 11.4 Å². The molecule has 1 N–H and O–H groups in total. The van der Waals surface area contributed by atoms with Gasteiger partial charge in [0.25, 0.3) is 21.8 Å². The SMILES string of the molecule is COc1ccc(CN2C(=O)c3cccnc3C2=O)cc1S(=O)(=O)Nc1ccc(Cl)cc1. The summed E-state index contributed by atoms with van der Waals surface area (Å²) in [5, 5.41) is 0.470. The summed E-state index contributed by atoms with van der Waals surface area (Å²) in [6.07, 6.45) is 1.44. The lowest BCUT2D eigenvalue weighted by atomic mass is 10.2. The maximum absolute atomic E-state index is 13.0. The molecule has 0 saturated heterocycles. The van der Waals surface area contributed by atoms with Crippen LogP contribution in [0.2, 0.25) is 5.02 Å². The fourth-order valence-corrected chi connectivity index (χ4v) is 4.60. The number of hydrogen-bond acceptors (Lipinski definition) is 6. The first-order chi connectivity index (χ1) is 14.8. The molecule has 8 nitrogen and oxygen atoms in total. The fourth-order valence-electron chi connectivity index (χ4n) is 3.20. The van der Waals surface area contributed by atoms with Crippen LogP contribution < -0.4 is 9.46 Å². The van der Waals surface area contributed by atoms with E-state index in [2.05, 4.69) is 9.71 Å². The van der Waals surface area contributed by atoms with Crippen LogP contribution in [-0.4, -0.2) is 37.2 Å². The van der Waals surface area contributed by atoms with Crippen LogP contribution >= 0.6 is 11.6 Å². The smallest absolute Gasteiger partial charge is 0.280 e. The summed E-state index contributed by atoms with van der Waals surface area (Å²) >= 11 is 5.85. The van der Waals surface area contributed by atoms with E-state index in [1.807, 2.05) is 0 Å². The Kier molecular flexibility index (Phi) is 5.38. The van der Waals surface area contributed by atoms with Crippen LogP contribution in [0.25, 0.3) is 0 Å². The highest BCUT2D eigenvalue weighted by Gasteiger charge is 2.36. The van der Waals surface area contributed by atoms with E-state index in [1.165, 1.54) is 43.6 Å². The fraction of sp³-hybridized carbons (Fsp3) is 0.0952. The lowest BCUT2D eigenvalue weighted by Gasteiger charge is -2.16. The van der Waals surface area contributed by atoms with Gasteiger partial charge in [0.2, 0.25) is 0 Å². The zero-order valence-electron chi connectivity index (χ0n) is 16.2. The minimum Gasteiger partial charge on any atom is -0.495 e. The maximum atomic E-state index is 13.0. The van der Waals surface area contributed by atoms with Crippen LogP contribution in [0.5, 0.6) is 5.75 Å². The minimum absolute atomic E-state index is 0.0817. The topological polar surface area (TPSA) is 106 Å². The highest BCUT2D eigenvalue weighted by molar-refractivity contribution is 7.92. The Balaban J connectivity index is 1.64. The summed E-state index contributed by atoms with van der Waals surface area (Å²) in [5.41, 5.74) is 1.06. The van der Waals surface area contributed by atoms with Gasteiger partial charge in [0, 0.05) is 16.9 Å². The number of amides is 2.